The summed E-state index contributed by atoms with van der Waals surface area (Å²) in [6.45, 7) is 0.362. The van der Waals surface area contributed by atoms with Crippen molar-refractivity contribution < 1.29 is 18.0 Å². The van der Waals surface area contributed by atoms with Gasteiger partial charge in [-0.05, 0) is 30.9 Å². The summed E-state index contributed by atoms with van der Waals surface area (Å²) < 4.78 is 43.3. The Morgan fingerprint density at radius 2 is 1.93 bits per heavy atom. The van der Waals surface area contributed by atoms with E-state index in [1.165, 1.54) is 11.0 Å². The molecule has 2 aliphatic rings. The first kappa shape index (κ1) is 20.3. The second-order valence-electron chi connectivity index (χ2n) is 7.57. The van der Waals surface area contributed by atoms with Crippen molar-refractivity contribution in [2.75, 3.05) is 19.6 Å². The van der Waals surface area contributed by atoms with Crippen LogP contribution in [0.1, 0.15) is 50.1 Å². The molecule has 0 aromatic heterocycles. The van der Waals surface area contributed by atoms with Gasteiger partial charge in [-0.2, -0.15) is 0 Å². The monoisotopic (exact) mass is 403 g/mol. The molecule has 4 nitrogen and oxygen atoms in total. The van der Waals surface area contributed by atoms with E-state index in [1.54, 1.807) is 0 Å². The minimum atomic E-state index is -1.45. The number of benzene rings is 1. The third-order valence-electron chi connectivity index (χ3n) is 5.85. The van der Waals surface area contributed by atoms with Crippen LogP contribution in [0.15, 0.2) is 12.1 Å². The lowest BCUT2D eigenvalue weighted by Gasteiger charge is -2.37. The van der Waals surface area contributed by atoms with Crippen molar-refractivity contribution in [3.8, 4) is 0 Å². The zero-order valence-electron chi connectivity index (χ0n) is 15.1. The molecule has 1 aliphatic carbocycles. The number of carbonyl (C=O) groups is 1. The first-order chi connectivity index (χ1) is 12.8. The van der Waals surface area contributed by atoms with Gasteiger partial charge in [0.25, 0.3) is 0 Å². The van der Waals surface area contributed by atoms with Gasteiger partial charge in [-0.3, -0.25) is 0 Å². The van der Waals surface area contributed by atoms with Crippen molar-refractivity contribution in [3.63, 3.8) is 0 Å². The summed E-state index contributed by atoms with van der Waals surface area (Å²) in [7, 11) is 0. The molecular weight excluding hydrogens is 379 g/mol. The molecule has 1 saturated carbocycles. The van der Waals surface area contributed by atoms with Gasteiger partial charge in [-0.15, -0.1) is 0 Å². The van der Waals surface area contributed by atoms with Gasteiger partial charge in [0.1, 0.15) is 17.3 Å². The van der Waals surface area contributed by atoms with Crippen molar-refractivity contribution in [1.29, 1.82) is 0 Å². The number of nitrogens with two attached hydrogens (primary N) is 1. The van der Waals surface area contributed by atoms with Crippen molar-refractivity contribution in [3.05, 3.63) is 34.4 Å². The highest BCUT2D eigenvalue weighted by atomic mass is 35.5. The van der Waals surface area contributed by atoms with Crippen LogP contribution in [-0.2, 0) is 0 Å². The number of nitrogens with one attached hydrogen (secondary N) is 1. The zero-order chi connectivity index (χ0) is 19.6. The lowest BCUT2D eigenvalue weighted by Crippen LogP contribution is -2.51. The van der Waals surface area contributed by atoms with Crippen molar-refractivity contribution in [2.45, 2.75) is 50.2 Å². The molecule has 0 radical (unpaired) electrons. The molecule has 1 aromatic rings. The molecule has 3 N–H and O–H groups in total. The van der Waals surface area contributed by atoms with Crippen molar-refractivity contribution in [2.24, 2.45) is 11.7 Å². The normalized spacial score (nSPS) is 21.3. The second-order valence-corrected chi connectivity index (χ2v) is 7.98. The Labute approximate surface area is 162 Å². The number of hydrogen-bond donors (Lipinski definition) is 2. The summed E-state index contributed by atoms with van der Waals surface area (Å²) in [4.78, 5) is 14.2. The Morgan fingerprint density at radius 3 is 2.52 bits per heavy atom. The summed E-state index contributed by atoms with van der Waals surface area (Å²) in [6, 6.07) is 1.05. The van der Waals surface area contributed by atoms with Gasteiger partial charge in [0, 0.05) is 38.0 Å². The van der Waals surface area contributed by atoms with Crippen LogP contribution in [0.5, 0.6) is 0 Å². The first-order valence-corrected chi connectivity index (χ1v) is 9.80. The van der Waals surface area contributed by atoms with E-state index in [-0.39, 0.29) is 49.0 Å². The predicted octanol–water partition coefficient (Wildman–Crippen LogP) is 4.32. The number of urea groups is 1. The highest BCUT2D eigenvalue weighted by molar-refractivity contribution is 6.30. The van der Waals surface area contributed by atoms with E-state index in [2.05, 4.69) is 5.32 Å². The average Bonchev–Trinajstić information content (AvgIpc) is 3.19. The molecule has 8 heteroatoms. The van der Waals surface area contributed by atoms with Crippen LogP contribution in [0, 0.1) is 17.6 Å². The summed E-state index contributed by atoms with van der Waals surface area (Å²) >= 11 is 5.85. The van der Waals surface area contributed by atoms with Crippen LogP contribution in [0.4, 0.5) is 18.0 Å². The summed E-state index contributed by atoms with van der Waals surface area (Å²) in [5.74, 6) is -1.62. The number of amides is 2. The maximum atomic E-state index is 14.6. The molecule has 1 aromatic carbocycles. The molecule has 0 unspecified atom stereocenters. The second kappa shape index (κ2) is 8.27. The number of likely N-dealkylation sites (tertiary alicyclic amines) is 1. The topological polar surface area (TPSA) is 58.4 Å². The first-order valence-electron chi connectivity index (χ1n) is 9.42. The molecular formula is C19H25ClF3N3O. The van der Waals surface area contributed by atoms with E-state index in [4.69, 9.17) is 17.3 Å². The summed E-state index contributed by atoms with van der Waals surface area (Å²) in [6.07, 6.45) is 3.76. The molecule has 0 spiro atoms. The van der Waals surface area contributed by atoms with E-state index in [1.807, 2.05) is 0 Å². The van der Waals surface area contributed by atoms with Crippen molar-refractivity contribution in [1.82, 2.24) is 10.2 Å². The molecule has 1 aliphatic heterocycles. The molecule has 1 heterocycles. The fourth-order valence-electron chi connectivity index (χ4n) is 4.08. The van der Waals surface area contributed by atoms with Gasteiger partial charge < -0.3 is 16.0 Å². The number of piperidine rings is 1. The summed E-state index contributed by atoms with van der Waals surface area (Å²) in [5, 5.41) is 2.62. The van der Waals surface area contributed by atoms with Gasteiger partial charge in [-0.1, -0.05) is 24.4 Å². The molecule has 3 rings (SSSR count). The quantitative estimate of drug-likeness (QED) is 0.735. The minimum absolute atomic E-state index is 0.0643. The summed E-state index contributed by atoms with van der Waals surface area (Å²) in [5.41, 5.74) is 3.81. The minimum Gasteiger partial charge on any atom is -0.331 e. The number of nitrogens with zero attached hydrogens (tertiary/aromatic N) is 1. The number of rotatable bonds is 4. The average molecular weight is 404 g/mol. The highest BCUT2D eigenvalue weighted by Gasteiger charge is 2.37. The molecule has 27 heavy (non-hydrogen) atoms. The largest absolute Gasteiger partial charge is 0.331 e. The Kier molecular flexibility index (Phi) is 6.21. The fourth-order valence-corrected chi connectivity index (χ4v) is 4.25. The van der Waals surface area contributed by atoms with Crippen LogP contribution in [0.3, 0.4) is 0 Å². The number of halogens is 4. The van der Waals surface area contributed by atoms with Gasteiger partial charge in [0.05, 0.1) is 11.1 Å². The maximum Gasteiger partial charge on any atom is 0.317 e. The lowest BCUT2D eigenvalue weighted by atomic mass is 9.90. The van der Waals surface area contributed by atoms with Gasteiger partial charge in [-0.25, -0.2) is 18.0 Å². The van der Waals surface area contributed by atoms with Crippen LogP contribution < -0.4 is 11.1 Å². The Hall–Kier alpha value is -1.47. The number of alkyl halides is 1. The lowest BCUT2D eigenvalue weighted by molar-refractivity contribution is 0.0767. The SMILES string of the molecule is NCC1(F)CCN(C(=O)N[C@H](c2c(F)ccc(Cl)c2F)C2CCCC2)CC1. The van der Waals surface area contributed by atoms with Crippen LogP contribution in [0.2, 0.25) is 5.02 Å². The highest BCUT2D eigenvalue weighted by Crippen LogP contribution is 2.39. The van der Waals surface area contributed by atoms with Gasteiger partial charge in [0.2, 0.25) is 0 Å². The van der Waals surface area contributed by atoms with Crippen LogP contribution in [0.25, 0.3) is 0 Å². The molecule has 1 atom stereocenters. The smallest absolute Gasteiger partial charge is 0.317 e. The van der Waals surface area contributed by atoms with Gasteiger partial charge >= 0.3 is 6.03 Å². The van der Waals surface area contributed by atoms with E-state index in [9.17, 15) is 18.0 Å². The van der Waals surface area contributed by atoms with Gasteiger partial charge in [0.15, 0.2) is 0 Å². The molecule has 150 valence electrons. The predicted molar refractivity (Wildman–Crippen MR) is 98.3 cm³/mol. The van der Waals surface area contributed by atoms with E-state index in [0.717, 1.165) is 31.7 Å². The van der Waals surface area contributed by atoms with Crippen LogP contribution in [-0.4, -0.2) is 36.2 Å². The number of carbonyl (C=O) groups excluding carboxylic acids is 1. The van der Waals surface area contributed by atoms with Crippen LogP contribution >= 0.6 is 11.6 Å². The molecule has 2 fully saturated rings. The van der Waals surface area contributed by atoms with E-state index in [0.29, 0.717) is 0 Å². The Morgan fingerprint density at radius 1 is 1.30 bits per heavy atom. The van der Waals surface area contributed by atoms with Crippen molar-refractivity contribution >= 4 is 17.6 Å². The number of hydrogen-bond acceptors (Lipinski definition) is 2. The third-order valence-corrected chi connectivity index (χ3v) is 6.15. The maximum absolute atomic E-state index is 14.6. The zero-order valence-corrected chi connectivity index (χ0v) is 15.9. The molecule has 2 amide bonds. The molecule has 0 bridgehead atoms. The van der Waals surface area contributed by atoms with E-state index >= 15 is 0 Å². The third kappa shape index (κ3) is 4.35. The van der Waals surface area contributed by atoms with E-state index < -0.39 is 29.4 Å². The Bertz CT molecular complexity index is 689. The standard InChI is InChI=1S/C19H25ClF3N3O/c20-13-5-6-14(21)15(16(13)22)17(12-3-1-2-4-12)25-18(27)26-9-7-19(23,11-24)8-10-26/h5-6,12,17H,1-4,7-11,24H2,(H,25,27)/t17-/m0/s1. The fraction of sp³-hybridized carbons (Fsp3) is 0.632. The Balaban J connectivity index is 1.79. The molecule has 1 saturated heterocycles.